The number of nitrogens with one attached hydrogen (secondary N) is 3. The van der Waals surface area contributed by atoms with Crippen molar-refractivity contribution >= 4 is 26.0 Å². The van der Waals surface area contributed by atoms with Crippen LogP contribution in [0, 0.1) is 6.92 Å². The third-order valence-electron chi connectivity index (χ3n) is 4.28. The fourth-order valence-electron chi connectivity index (χ4n) is 2.78. The fourth-order valence-corrected chi connectivity index (χ4v) is 4.97. The summed E-state index contributed by atoms with van der Waals surface area (Å²) in [6, 6.07) is 11.1. The molecule has 0 saturated heterocycles. The third kappa shape index (κ3) is 6.63. The van der Waals surface area contributed by atoms with Crippen molar-refractivity contribution in [2.75, 3.05) is 7.05 Å². The van der Waals surface area contributed by atoms with Crippen LogP contribution < -0.4 is 14.8 Å². The van der Waals surface area contributed by atoms with Crippen molar-refractivity contribution in [1.29, 1.82) is 0 Å². The third-order valence-corrected chi connectivity index (χ3v) is 7.24. The fraction of sp³-hybridized carbons (Fsp3) is 0.350. The van der Waals surface area contributed by atoms with E-state index in [-0.39, 0.29) is 28.8 Å². The van der Waals surface area contributed by atoms with Gasteiger partial charge in [-0.05, 0) is 56.6 Å². The number of hydrogen-bond donors (Lipinski definition) is 3. The van der Waals surface area contributed by atoms with Crippen molar-refractivity contribution in [2.45, 2.75) is 44.0 Å². The van der Waals surface area contributed by atoms with E-state index in [0.29, 0.717) is 11.1 Å². The number of benzene rings is 2. The molecule has 8 nitrogen and oxygen atoms in total. The second-order valence-corrected chi connectivity index (χ2v) is 10.9. The van der Waals surface area contributed by atoms with E-state index < -0.39 is 26.0 Å². The minimum Gasteiger partial charge on any atom is -0.348 e. The lowest BCUT2D eigenvalue weighted by Gasteiger charge is -2.11. The molecule has 0 atom stereocenters. The summed E-state index contributed by atoms with van der Waals surface area (Å²) in [4.78, 5) is 12.6. The molecule has 2 aromatic carbocycles. The van der Waals surface area contributed by atoms with Crippen LogP contribution in [0.25, 0.3) is 0 Å². The van der Waals surface area contributed by atoms with E-state index in [1.165, 1.54) is 19.2 Å². The topological polar surface area (TPSA) is 121 Å². The van der Waals surface area contributed by atoms with Gasteiger partial charge in [-0.25, -0.2) is 26.3 Å². The van der Waals surface area contributed by atoms with E-state index >= 15 is 0 Å². The molecule has 0 aliphatic rings. The molecular weight excluding hydrogens is 426 g/mol. The molecule has 0 aliphatic heterocycles. The van der Waals surface area contributed by atoms with Gasteiger partial charge in [0.1, 0.15) is 0 Å². The standard InChI is InChI=1S/C20H27N3O5S2/c1-14(2)23-29(25,26)13-17-8-6-16(7-9-17)12-22-20(24)19-11-18(10-5-15(19)3)30(27,28)21-4/h5-11,14,21,23H,12-13H2,1-4H3,(H,22,24). The van der Waals surface area contributed by atoms with Gasteiger partial charge >= 0.3 is 0 Å². The van der Waals surface area contributed by atoms with E-state index in [2.05, 4.69) is 14.8 Å². The van der Waals surface area contributed by atoms with Crippen LogP contribution in [0.3, 0.4) is 0 Å². The Hall–Kier alpha value is -2.27. The van der Waals surface area contributed by atoms with Gasteiger partial charge in [-0.15, -0.1) is 0 Å². The molecule has 0 aliphatic carbocycles. The molecule has 3 N–H and O–H groups in total. The first-order valence-electron chi connectivity index (χ1n) is 9.34. The molecule has 0 unspecified atom stereocenters. The lowest BCUT2D eigenvalue weighted by atomic mass is 10.1. The molecule has 10 heteroatoms. The maximum absolute atomic E-state index is 12.5. The maximum atomic E-state index is 12.5. The number of hydrogen-bond acceptors (Lipinski definition) is 5. The molecule has 30 heavy (non-hydrogen) atoms. The van der Waals surface area contributed by atoms with Crippen molar-refractivity contribution in [3.05, 3.63) is 64.7 Å². The van der Waals surface area contributed by atoms with Crippen molar-refractivity contribution in [3.8, 4) is 0 Å². The van der Waals surface area contributed by atoms with Gasteiger partial charge in [0, 0.05) is 18.2 Å². The number of sulfonamides is 2. The van der Waals surface area contributed by atoms with Gasteiger partial charge < -0.3 is 5.32 Å². The van der Waals surface area contributed by atoms with E-state index in [9.17, 15) is 21.6 Å². The summed E-state index contributed by atoms with van der Waals surface area (Å²) in [5.41, 5.74) is 2.35. The predicted octanol–water partition coefficient (Wildman–Crippen LogP) is 1.66. The summed E-state index contributed by atoms with van der Waals surface area (Å²) in [6.45, 7) is 5.47. The van der Waals surface area contributed by atoms with E-state index in [4.69, 9.17) is 0 Å². The van der Waals surface area contributed by atoms with Gasteiger partial charge in [-0.1, -0.05) is 30.3 Å². The minimum absolute atomic E-state index is 0.0151. The Morgan fingerprint density at radius 1 is 0.967 bits per heavy atom. The number of carbonyl (C=O) groups excluding carboxylic acids is 1. The zero-order valence-electron chi connectivity index (χ0n) is 17.4. The minimum atomic E-state index is -3.65. The summed E-state index contributed by atoms with van der Waals surface area (Å²) in [5, 5.41) is 2.76. The van der Waals surface area contributed by atoms with Gasteiger partial charge in [-0.2, -0.15) is 0 Å². The van der Waals surface area contributed by atoms with E-state index in [1.54, 1.807) is 51.1 Å². The molecule has 0 saturated carbocycles. The average Bonchev–Trinajstić information content (AvgIpc) is 2.66. The van der Waals surface area contributed by atoms with Gasteiger partial charge in [0.2, 0.25) is 20.0 Å². The Morgan fingerprint density at radius 2 is 1.57 bits per heavy atom. The highest BCUT2D eigenvalue weighted by molar-refractivity contribution is 7.89. The monoisotopic (exact) mass is 453 g/mol. The molecule has 164 valence electrons. The number of rotatable bonds is 9. The van der Waals surface area contributed by atoms with Crippen LogP contribution in [0.15, 0.2) is 47.4 Å². The summed E-state index contributed by atoms with van der Waals surface area (Å²) >= 11 is 0. The Kier molecular flexibility index (Phi) is 7.75. The smallest absolute Gasteiger partial charge is 0.251 e. The molecular formula is C20H27N3O5S2. The van der Waals surface area contributed by atoms with Crippen LogP contribution in [-0.4, -0.2) is 35.8 Å². The van der Waals surface area contributed by atoms with Gasteiger partial charge in [0.25, 0.3) is 5.91 Å². The number of amides is 1. The van der Waals surface area contributed by atoms with Crippen LogP contribution in [0.5, 0.6) is 0 Å². The normalized spacial score (nSPS) is 12.2. The van der Waals surface area contributed by atoms with Crippen LogP contribution in [0.1, 0.15) is 40.9 Å². The predicted molar refractivity (Wildman–Crippen MR) is 116 cm³/mol. The Morgan fingerprint density at radius 3 is 2.13 bits per heavy atom. The van der Waals surface area contributed by atoms with Crippen molar-refractivity contribution in [2.24, 2.45) is 0 Å². The number of carbonyl (C=O) groups is 1. The van der Waals surface area contributed by atoms with Crippen LogP contribution in [-0.2, 0) is 32.3 Å². The molecule has 0 fully saturated rings. The van der Waals surface area contributed by atoms with Crippen molar-refractivity contribution in [3.63, 3.8) is 0 Å². The second kappa shape index (κ2) is 9.69. The van der Waals surface area contributed by atoms with Crippen LogP contribution in [0.4, 0.5) is 0 Å². The van der Waals surface area contributed by atoms with Crippen LogP contribution in [0.2, 0.25) is 0 Å². The summed E-state index contributed by atoms with van der Waals surface area (Å²) in [5.74, 6) is -0.516. The number of aryl methyl sites for hydroxylation is 1. The van der Waals surface area contributed by atoms with Gasteiger partial charge in [0.15, 0.2) is 0 Å². The summed E-state index contributed by atoms with van der Waals surface area (Å²) < 4.78 is 52.7. The zero-order chi connectivity index (χ0) is 22.5. The summed E-state index contributed by atoms with van der Waals surface area (Å²) in [7, 11) is -5.75. The average molecular weight is 454 g/mol. The largest absolute Gasteiger partial charge is 0.348 e. The highest BCUT2D eigenvalue weighted by Crippen LogP contribution is 2.16. The summed E-state index contributed by atoms with van der Waals surface area (Å²) in [6.07, 6.45) is 0. The quantitative estimate of drug-likeness (QED) is 0.533. The first-order chi connectivity index (χ1) is 13.9. The Labute approximate surface area is 178 Å². The second-order valence-electron chi connectivity index (χ2n) is 7.22. The Balaban J connectivity index is 2.06. The van der Waals surface area contributed by atoms with E-state index in [1.807, 2.05) is 0 Å². The molecule has 0 heterocycles. The molecule has 0 spiro atoms. The van der Waals surface area contributed by atoms with Crippen molar-refractivity contribution in [1.82, 2.24) is 14.8 Å². The SMILES string of the molecule is CNS(=O)(=O)c1ccc(C)c(C(=O)NCc2ccc(CS(=O)(=O)NC(C)C)cc2)c1. The first-order valence-corrected chi connectivity index (χ1v) is 12.5. The highest BCUT2D eigenvalue weighted by Gasteiger charge is 2.17. The van der Waals surface area contributed by atoms with Gasteiger partial charge in [0.05, 0.1) is 10.6 Å². The Bertz CT molecular complexity index is 1110. The van der Waals surface area contributed by atoms with Crippen molar-refractivity contribution < 1.29 is 21.6 Å². The van der Waals surface area contributed by atoms with Crippen LogP contribution >= 0.6 is 0 Å². The maximum Gasteiger partial charge on any atom is 0.251 e. The van der Waals surface area contributed by atoms with E-state index in [0.717, 1.165) is 5.56 Å². The molecule has 2 aromatic rings. The lowest BCUT2D eigenvalue weighted by Crippen LogP contribution is -2.31. The molecule has 1 amide bonds. The van der Waals surface area contributed by atoms with Gasteiger partial charge in [-0.3, -0.25) is 4.79 Å². The molecule has 0 bridgehead atoms. The molecule has 2 rings (SSSR count). The first kappa shape index (κ1) is 24.0. The molecule has 0 aromatic heterocycles. The highest BCUT2D eigenvalue weighted by atomic mass is 32.2. The lowest BCUT2D eigenvalue weighted by molar-refractivity contribution is 0.0950. The molecule has 0 radical (unpaired) electrons. The zero-order valence-corrected chi connectivity index (χ0v) is 19.0.